The van der Waals surface area contributed by atoms with Gasteiger partial charge in [0.05, 0.1) is 33.5 Å². The van der Waals surface area contributed by atoms with Gasteiger partial charge in [-0.1, -0.05) is 11.3 Å². The van der Waals surface area contributed by atoms with Crippen molar-refractivity contribution in [1.29, 1.82) is 0 Å². The lowest BCUT2D eigenvalue weighted by Crippen LogP contribution is -2.30. The van der Waals surface area contributed by atoms with Crippen LogP contribution in [0.3, 0.4) is 0 Å². The van der Waals surface area contributed by atoms with Crippen LogP contribution in [0.1, 0.15) is 18.5 Å². The molecule has 1 aliphatic rings. The van der Waals surface area contributed by atoms with E-state index in [4.69, 9.17) is 4.74 Å². The van der Waals surface area contributed by atoms with Crippen molar-refractivity contribution in [2.75, 3.05) is 5.32 Å². The third-order valence-corrected chi connectivity index (χ3v) is 7.15. The van der Waals surface area contributed by atoms with E-state index < -0.39 is 5.82 Å². The van der Waals surface area contributed by atoms with Gasteiger partial charge in [-0.25, -0.2) is 13.9 Å². The van der Waals surface area contributed by atoms with Gasteiger partial charge in [-0.05, 0) is 43.2 Å². The van der Waals surface area contributed by atoms with Crippen molar-refractivity contribution in [2.24, 2.45) is 0 Å². The normalized spacial score (nSPS) is 12.7. The smallest absolute Gasteiger partial charge is 0.319 e. The Hall–Kier alpha value is -4.91. The van der Waals surface area contributed by atoms with Crippen LogP contribution in [0.4, 0.5) is 14.9 Å². The monoisotopic (exact) mass is 558 g/mol. The van der Waals surface area contributed by atoms with E-state index in [1.54, 1.807) is 30.7 Å². The first-order valence-corrected chi connectivity index (χ1v) is 13.3. The molecule has 0 radical (unpaired) electrons. The van der Waals surface area contributed by atoms with E-state index in [1.807, 2.05) is 24.3 Å². The van der Waals surface area contributed by atoms with Crippen LogP contribution in [0.5, 0.6) is 11.5 Å². The Morgan fingerprint density at radius 2 is 1.98 bits per heavy atom. The van der Waals surface area contributed by atoms with Gasteiger partial charge < -0.3 is 20.7 Å². The number of fused-ring (bicyclic) bond motifs is 1. The molecule has 0 saturated heterocycles. The SMILES string of the molecule is O=C(Cn1cc(-c2cc3nccc(Oc4ccc(NC(=O)NC5CC5)cc4F)c3s2)nn1)NCc1ccccn1. The van der Waals surface area contributed by atoms with Gasteiger partial charge in [0.2, 0.25) is 5.91 Å². The van der Waals surface area contributed by atoms with E-state index in [0.717, 1.165) is 23.4 Å². The van der Waals surface area contributed by atoms with E-state index in [0.29, 0.717) is 33.9 Å². The summed E-state index contributed by atoms with van der Waals surface area (Å²) in [5.74, 6) is -0.398. The highest BCUT2D eigenvalue weighted by atomic mass is 32.1. The molecule has 202 valence electrons. The van der Waals surface area contributed by atoms with Crippen LogP contribution in [0.2, 0.25) is 0 Å². The summed E-state index contributed by atoms with van der Waals surface area (Å²) < 4.78 is 22.9. The van der Waals surface area contributed by atoms with Crippen molar-refractivity contribution in [1.82, 2.24) is 35.6 Å². The molecule has 0 atom stereocenters. The molecular weight excluding hydrogens is 535 g/mol. The predicted molar refractivity (Wildman–Crippen MR) is 146 cm³/mol. The number of aromatic nitrogens is 5. The molecule has 1 saturated carbocycles. The van der Waals surface area contributed by atoms with Crippen molar-refractivity contribution in [3.05, 3.63) is 78.6 Å². The number of anilines is 1. The lowest BCUT2D eigenvalue weighted by atomic mass is 10.3. The van der Waals surface area contributed by atoms with Gasteiger partial charge in [0.1, 0.15) is 18.0 Å². The minimum Gasteiger partial charge on any atom is -0.453 e. The second kappa shape index (κ2) is 11.1. The topological polar surface area (TPSA) is 136 Å². The number of ether oxygens (including phenoxy) is 1. The number of carbonyl (C=O) groups is 2. The Balaban J connectivity index is 1.13. The molecule has 4 heterocycles. The summed E-state index contributed by atoms with van der Waals surface area (Å²) in [6, 6.07) is 13.1. The summed E-state index contributed by atoms with van der Waals surface area (Å²) >= 11 is 1.37. The van der Waals surface area contributed by atoms with Gasteiger partial charge in [0.15, 0.2) is 11.6 Å². The molecule has 1 aliphatic carbocycles. The first-order chi connectivity index (χ1) is 19.5. The summed E-state index contributed by atoms with van der Waals surface area (Å²) in [6.45, 7) is 0.325. The zero-order chi connectivity index (χ0) is 27.5. The fourth-order valence-electron chi connectivity index (χ4n) is 3.86. The fourth-order valence-corrected chi connectivity index (χ4v) is 4.88. The first-order valence-electron chi connectivity index (χ1n) is 12.5. The van der Waals surface area contributed by atoms with Gasteiger partial charge in [-0.2, -0.15) is 0 Å². The van der Waals surface area contributed by atoms with Crippen molar-refractivity contribution >= 4 is 39.2 Å². The van der Waals surface area contributed by atoms with E-state index >= 15 is 0 Å². The van der Waals surface area contributed by atoms with E-state index in [1.165, 1.54) is 28.2 Å². The average Bonchev–Trinajstić information content (AvgIpc) is 3.45. The second-order valence-electron chi connectivity index (χ2n) is 9.15. The Bertz CT molecular complexity index is 1690. The van der Waals surface area contributed by atoms with Crippen molar-refractivity contribution < 1.29 is 18.7 Å². The third kappa shape index (κ3) is 6.04. The van der Waals surface area contributed by atoms with Gasteiger partial charge >= 0.3 is 6.03 Å². The molecule has 40 heavy (non-hydrogen) atoms. The van der Waals surface area contributed by atoms with Crippen LogP contribution in [-0.4, -0.2) is 42.9 Å². The Labute approximate surface area is 231 Å². The summed E-state index contributed by atoms with van der Waals surface area (Å²) in [4.78, 5) is 33.6. The lowest BCUT2D eigenvalue weighted by Gasteiger charge is -2.10. The molecule has 13 heteroatoms. The number of hydrogen-bond acceptors (Lipinski definition) is 8. The largest absolute Gasteiger partial charge is 0.453 e. The molecular formula is C27H23FN8O3S. The standard InChI is InChI=1S/C27H23FN8O3S/c28-19-11-17(33-27(38)32-16-4-5-16)6-7-22(19)39-23-8-10-30-20-12-24(40-26(20)23)21-14-36(35-34-21)15-25(37)31-13-18-3-1-2-9-29-18/h1-3,6-12,14,16H,4-5,13,15H2,(H,31,37)(H2,32,33,38). The summed E-state index contributed by atoms with van der Waals surface area (Å²) in [7, 11) is 0. The van der Waals surface area contributed by atoms with Crippen LogP contribution < -0.4 is 20.7 Å². The summed E-state index contributed by atoms with van der Waals surface area (Å²) in [6.07, 6.45) is 6.84. The molecule has 11 nitrogen and oxygen atoms in total. The van der Waals surface area contributed by atoms with Crippen LogP contribution >= 0.6 is 11.3 Å². The van der Waals surface area contributed by atoms with Crippen molar-refractivity contribution in [3.8, 4) is 22.1 Å². The Morgan fingerprint density at radius 3 is 2.77 bits per heavy atom. The maximum absolute atomic E-state index is 14.8. The van der Waals surface area contributed by atoms with Crippen molar-refractivity contribution in [2.45, 2.75) is 32.0 Å². The van der Waals surface area contributed by atoms with Crippen LogP contribution in [0, 0.1) is 5.82 Å². The Kier molecular flexibility index (Phi) is 7.02. The summed E-state index contributed by atoms with van der Waals surface area (Å²) in [5, 5.41) is 16.5. The number of nitrogens with zero attached hydrogens (tertiary/aromatic N) is 5. The van der Waals surface area contributed by atoms with E-state index in [9.17, 15) is 14.0 Å². The molecule has 0 aliphatic heterocycles. The molecule has 0 unspecified atom stereocenters. The van der Waals surface area contributed by atoms with Crippen LogP contribution in [-0.2, 0) is 17.9 Å². The number of pyridine rings is 2. The minimum atomic E-state index is -0.616. The molecule has 3 N–H and O–H groups in total. The molecule has 3 amide bonds. The number of urea groups is 1. The van der Waals surface area contributed by atoms with Crippen LogP contribution in [0.15, 0.2) is 67.1 Å². The number of amides is 3. The average molecular weight is 559 g/mol. The highest BCUT2D eigenvalue weighted by Gasteiger charge is 2.23. The number of carbonyl (C=O) groups excluding carboxylic acids is 2. The summed E-state index contributed by atoms with van der Waals surface area (Å²) in [5.41, 5.74) is 2.30. The van der Waals surface area contributed by atoms with Crippen molar-refractivity contribution in [3.63, 3.8) is 0 Å². The maximum Gasteiger partial charge on any atom is 0.319 e. The molecule has 0 spiro atoms. The van der Waals surface area contributed by atoms with Gasteiger partial charge in [0.25, 0.3) is 0 Å². The number of rotatable bonds is 9. The molecule has 4 aromatic heterocycles. The van der Waals surface area contributed by atoms with Gasteiger partial charge in [-0.3, -0.25) is 14.8 Å². The first kappa shape index (κ1) is 25.4. The number of halogens is 1. The fraction of sp³-hybridized carbons (Fsp3) is 0.185. The third-order valence-electron chi connectivity index (χ3n) is 5.99. The van der Waals surface area contributed by atoms with E-state index in [2.05, 4.69) is 36.2 Å². The quantitative estimate of drug-likeness (QED) is 0.243. The molecule has 0 bridgehead atoms. The number of benzene rings is 1. The van der Waals surface area contributed by atoms with Gasteiger partial charge in [0, 0.05) is 36.3 Å². The second-order valence-corrected chi connectivity index (χ2v) is 10.2. The zero-order valence-electron chi connectivity index (χ0n) is 21.0. The highest BCUT2D eigenvalue weighted by Crippen LogP contribution is 2.39. The molecule has 6 rings (SSSR count). The number of nitrogens with one attached hydrogen (secondary N) is 3. The number of hydrogen-bond donors (Lipinski definition) is 3. The molecule has 1 fully saturated rings. The minimum absolute atomic E-state index is 0.00368. The molecule has 1 aromatic carbocycles. The highest BCUT2D eigenvalue weighted by molar-refractivity contribution is 7.22. The maximum atomic E-state index is 14.8. The molecule has 5 aromatic rings. The predicted octanol–water partition coefficient (Wildman–Crippen LogP) is 4.48. The van der Waals surface area contributed by atoms with Gasteiger partial charge in [-0.15, -0.1) is 16.4 Å². The van der Waals surface area contributed by atoms with E-state index in [-0.39, 0.29) is 30.3 Å². The Morgan fingerprint density at radius 1 is 1.07 bits per heavy atom. The number of thiophene rings is 1. The van der Waals surface area contributed by atoms with Crippen LogP contribution in [0.25, 0.3) is 20.8 Å². The zero-order valence-corrected chi connectivity index (χ0v) is 21.8. The lowest BCUT2D eigenvalue weighted by molar-refractivity contribution is -0.122.